The number of rotatable bonds is 11. The Hall–Kier alpha value is -1.54. The highest BCUT2D eigenvalue weighted by Crippen LogP contribution is 2.57. The van der Waals surface area contributed by atoms with Crippen molar-refractivity contribution in [3.05, 3.63) is 0 Å². The van der Waals surface area contributed by atoms with Crippen LogP contribution in [-0.2, 0) is 42.1 Å². The number of hydrogen-bond donors (Lipinski definition) is 3. The number of nitrogens with one attached hydrogen (secondary N) is 3. The van der Waals surface area contributed by atoms with E-state index in [0.717, 1.165) is 11.8 Å². The first-order chi connectivity index (χ1) is 16.3. The molecule has 2 heterocycles. The van der Waals surface area contributed by atoms with Gasteiger partial charge < -0.3 is 15.4 Å². The summed E-state index contributed by atoms with van der Waals surface area (Å²) >= 11 is 1.11. The van der Waals surface area contributed by atoms with Gasteiger partial charge in [0.15, 0.2) is 11.2 Å². The Morgan fingerprint density at radius 1 is 1.23 bits per heavy atom. The van der Waals surface area contributed by atoms with Crippen LogP contribution in [0.15, 0.2) is 0 Å². The van der Waals surface area contributed by atoms with Gasteiger partial charge in [0.1, 0.15) is 6.04 Å². The molecule has 35 heavy (non-hydrogen) atoms. The van der Waals surface area contributed by atoms with Gasteiger partial charge in [-0.15, -0.1) is 0 Å². The third-order valence-corrected chi connectivity index (χ3v) is 7.46. The minimum absolute atomic E-state index is 0.0212. The quantitative estimate of drug-likeness (QED) is 0.145. The molecular weight excluding hydrogens is 503 g/mol. The minimum Gasteiger partial charge on any atom is -0.437 e. The van der Waals surface area contributed by atoms with Gasteiger partial charge in [0, 0.05) is 50.7 Å². The second-order valence-corrected chi connectivity index (χ2v) is 11.9. The number of hydrazine groups is 1. The van der Waals surface area contributed by atoms with Crippen molar-refractivity contribution in [3.8, 4) is 0 Å². The third kappa shape index (κ3) is 9.45. The lowest BCUT2D eigenvalue weighted by atomic mass is 9.87. The molecule has 0 aromatic carbocycles. The maximum absolute atomic E-state index is 12.9. The molecule has 2 saturated heterocycles. The van der Waals surface area contributed by atoms with Crippen molar-refractivity contribution >= 4 is 42.5 Å². The van der Waals surface area contributed by atoms with E-state index < -0.39 is 44.1 Å². The Bertz CT molecular complexity index is 843. The smallest absolute Gasteiger partial charge is 0.437 e. The molecule has 0 saturated carbocycles. The average Bonchev–Trinajstić information content (AvgIpc) is 3.11. The fraction of sp³-hybridized carbons (Fsp3) is 0.800. The van der Waals surface area contributed by atoms with Crippen molar-refractivity contribution in [2.75, 3.05) is 39.3 Å². The average molecular weight is 539 g/mol. The van der Waals surface area contributed by atoms with E-state index in [0.29, 0.717) is 18.7 Å². The van der Waals surface area contributed by atoms with Crippen molar-refractivity contribution < 1.29 is 42.1 Å². The maximum atomic E-state index is 12.9. The largest absolute Gasteiger partial charge is 0.478 e. The van der Waals surface area contributed by atoms with Crippen molar-refractivity contribution in [2.24, 2.45) is 5.41 Å². The first-order valence-electron chi connectivity index (χ1n) is 11.2. The van der Waals surface area contributed by atoms with Crippen molar-refractivity contribution in [1.29, 1.82) is 0 Å². The predicted octanol–water partition coefficient (Wildman–Crippen LogP) is 0.553. The van der Waals surface area contributed by atoms with E-state index >= 15 is 0 Å². The van der Waals surface area contributed by atoms with Gasteiger partial charge in [-0.05, 0) is 13.3 Å². The molecule has 15 heteroatoms. The van der Waals surface area contributed by atoms with Gasteiger partial charge in [0.25, 0.3) is 0 Å². The van der Waals surface area contributed by atoms with Gasteiger partial charge in [-0.1, -0.05) is 25.6 Å². The summed E-state index contributed by atoms with van der Waals surface area (Å²) in [7, 11) is -2.46. The fourth-order valence-electron chi connectivity index (χ4n) is 3.44. The van der Waals surface area contributed by atoms with E-state index in [1.165, 1.54) is 6.92 Å². The van der Waals surface area contributed by atoms with Crippen LogP contribution < -0.4 is 16.1 Å². The van der Waals surface area contributed by atoms with Crippen LogP contribution in [0.4, 0.5) is 0 Å². The van der Waals surface area contributed by atoms with Gasteiger partial charge in [-0.25, -0.2) is 14.1 Å². The van der Waals surface area contributed by atoms with Gasteiger partial charge in [0.2, 0.25) is 18.6 Å². The minimum atomic E-state index is -4.17. The molecule has 0 aliphatic carbocycles. The monoisotopic (exact) mass is 538 g/mol. The standard InChI is InChI=1S/C20H35N4O9PS/c1-13-10-15(24(5)23-13)19(28)30-12-32-34(29)31-11-20(3,4)17(33-34)18(27)22-7-6-16(26)21-8-9-35-14(2)25/h13,15,17,23H,6-12H2,1-5H3,(H,21,26)(H,22,27)/t13?,15?,17-,34?/m0/s1. The molecule has 2 aliphatic heterocycles. The maximum Gasteiger partial charge on any atom is 0.478 e. The van der Waals surface area contributed by atoms with Crippen LogP contribution in [0.5, 0.6) is 0 Å². The number of ether oxygens (including phenoxy) is 1. The van der Waals surface area contributed by atoms with E-state index in [4.69, 9.17) is 18.3 Å². The molecule has 200 valence electrons. The third-order valence-electron chi connectivity index (χ3n) is 5.31. The first-order valence-corrected chi connectivity index (χ1v) is 13.7. The molecule has 0 aromatic heterocycles. The number of nitrogens with zero attached hydrogens (tertiary/aromatic N) is 1. The SMILES string of the molecule is CC(=O)SCCNC(=O)CCNC(=O)[C@@H]1OP(=O)(OCOC(=O)C2CC(C)NN2C)OCC1(C)C. The van der Waals surface area contributed by atoms with Gasteiger partial charge in [-0.2, -0.15) is 0 Å². The number of hydrogen-bond acceptors (Lipinski definition) is 12. The van der Waals surface area contributed by atoms with Crippen LogP contribution in [0.1, 0.15) is 40.5 Å². The van der Waals surface area contributed by atoms with E-state index in [1.807, 2.05) is 6.92 Å². The van der Waals surface area contributed by atoms with E-state index in [1.54, 1.807) is 25.9 Å². The normalized spacial score (nSPS) is 28.3. The summed E-state index contributed by atoms with van der Waals surface area (Å²) in [5.41, 5.74) is 2.23. The summed E-state index contributed by atoms with van der Waals surface area (Å²) in [5.74, 6) is -0.947. The number of amides is 2. The number of phosphoric acid groups is 1. The number of carbonyl (C=O) groups excluding carboxylic acids is 4. The summed E-state index contributed by atoms with van der Waals surface area (Å²) in [6.45, 7) is 6.39. The van der Waals surface area contributed by atoms with Crippen molar-refractivity contribution in [3.63, 3.8) is 0 Å². The Kier molecular flexibility index (Phi) is 11.1. The number of carbonyl (C=O) groups is 4. The van der Waals surface area contributed by atoms with Crippen molar-refractivity contribution in [2.45, 2.75) is 58.7 Å². The molecule has 2 rings (SSSR count). The topological polar surface area (TPSA) is 162 Å². The molecule has 2 amide bonds. The van der Waals surface area contributed by atoms with Crippen LogP contribution in [-0.4, -0.2) is 85.4 Å². The highest BCUT2D eigenvalue weighted by atomic mass is 32.2. The Labute approximate surface area is 209 Å². The number of phosphoric ester groups is 1. The summed E-state index contributed by atoms with van der Waals surface area (Å²) in [4.78, 5) is 47.7. The van der Waals surface area contributed by atoms with Gasteiger partial charge in [0.05, 0.1) is 6.61 Å². The molecule has 0 spiro atoms. The van der Waals surface area contributed by atoms with Crippen LogP contribution in [0.25, 0.3) is 0 Å². The molecule has 13 nitrogen and oxygen atoms in total. The molecule has 0 aromatic rings. The zero-order valence-corrected chi connectivity index (χ0v) is 22.4. The molecule has 4 atom stereocenters. The molecule has 3 unspecified atom stereocenters. The van der Waals surface area contributed by atoms with Crippen LogP contribution in [0, 0.1) is 5.41 Å². The summed E-state index contributed by atoms with van der Waals surface area (Å²) in [5, 5.41) is 6.85. The van der Waals surface area contributed by atoms with Crippen molar-refractivity contribution in [1.82, 2.24) is 21.1 Å². The highest BCUT2D eigenvalue weighted by Gasteiger charge is 2.49. The lowest BCUT2D eigenvalue weighted by molar-refractivity contribution is -0.160. The van der Waals surface area contributed by atoms with Crippen LogP contribution in [0.3, 0.4) is 0 Å². The van der Waals surface area contributed by atoms with Crippen LogP contribution >= 0.6 is 19.6 Å². The second kappa shape index (κ2) is 13.1. The second-order valence-electron chi connectivity index (χ2n) is 9.03. The fourth-order valence-corrected chi connectivity index (χ4v) is 5.44. The number of likely N-dealkylation sites (N-methyl/N-ethyl adjacent to an activating group) is 1. The van der Waals surface area contributed by atoms with E-state index in [9.17, 15) is 23.7 Å². The summed E-state index contributed by atoms with van der Waals surface area (Å²) in [6, 6.07) is -0.398. The zero-order valence-electron chi connectivity index (χ0n) is 20.7. The van der Waals surface area contributed by atoms with Crippen LogP contribution in [0.2, 0.25) is 0 Å². The number of thioether (sulfide) groups is 1. The Morgan fingerprint density at radius 2 is 1.94 bits per heavy atom. The van der Waals surface area contributed by atoms with Gasteiger partial charge >= 0.3 is 13.8 Å². The lowest BCUT2D eigenvalue weighted by Crippen LogP contribution is -2.50. The molecule has 2 aliphatic rings. The molecule has 3 N–H and O–H groups in total. The number of esters is 1. The first kappa shape index (κ1) is 29.7. The predicted molar refractivity (Wildman–Crippen MR) is 127 cm³/mol. The molecule has 0 radical (unpaired) electrons. The van der Waals surface area contributed by atoms with E-state index in [2.05, 4.69) is 16.1 Å². The highest BCUT2D eigenvalue weighted by molar-refractivity contribution is 8.13. The van der Waals surface area contributed by atoms with E-state index in [-0.39, 0.29) is 36.6 Å². The Morgan fingerprint density at radius 3 is 2.57 bits per heavy atom. The summed E-state index contributed by atoms with van der Waals surface area (Å²) < 4.78 is 33.7. The summed E-state index contributed by atoms with van der Waals surface area (Å²) in [6.07, 6.45) is -0.613. The zero-order chi connectivity index (χ0) is 26.2. The lowest BCUT2D eigenvalue weighted by Gasteiger charge is -2.39. The van der Waals surface area contributed by atoms with Gasteiger partial charge in [-0.3, -0.25) is 33.7 Å². The molecule has 0 bridgehead atoms. The Balaban J connectivity index is 1.78. The molecule has 2 fully saturated rings. The molecular formula is C20H35N4O9PS.